The second kappa shape index (κ2) is 6.74. The van der Waals surface area contributed by atoms with Gasteiger partial charge in [-0.1, -0.05) is 13.3 Å². The summed E-state index contributed by atoms with van der Waals surface area (Å²) in [5, 5.41) is 3.43. The van der Waals surface area contributed by atoms with Crippen molar-refractivity contribution in [1.82, 2.24) is 10.0 Å². The van der Waals surface area contributed by atoms with Crippen LogP contribution in [-0.4, -0.2) is 21.5 Å². The lowest BCUT2D eigenvalue weighted by Gasteiger charge is -2.28. The summed E-state index contributed by atoms with van der Waals surface area (Å²) >= 11 is 0. The number of nitrogens with one attached hydrogen (secondary N) is 2. The second-order valence-electron chi connectivity index (χ2n) is 5.44. The van der Waals surface area contributed by atoms with E-state index in [-0.39, 0.29) is 5.09 Å². The van der Waals surface area contributed by atoms with Crippen LogP contribution in [0.25, 0.3) is 0 Å². The van der Waals surface area contributed by atoms with Crippen LogP contribution in [0.4, 0.5) is 0 Å². The van der Waals surface area contributed by atoms with E-state index in [0.29, 0.717) is 18.3 Å². The molecule has 1 aromatic rings. The smallest absolute Gasteiger partial charge is 0.273 e. The van der Waals surface area contributed by atoms with E-state index in [1.54, 1.807) is 6.07 Å². The molecule has 1 heterocycles. The quantitative estimate of drug-likeness (QED) is 0.845. The predicted octanol–water partition coefficient (Wildman–Crippen LogP) is 2.25. The molecule has 114 valence electrons. The Labute approximate surface area is 121 Å². The molecule has 1 fully saturated rings. The summed E-state index contributed by atoms with van der Waals surface area (Å²) in [5.41, 5.74) is 0. The Bertz CT molecular complexity index is 516. The predicted molar refractivity (Wildman–Crippen MR) is 77.8 cm³/mol. The minimum atomic E-state index is -3.48. The third kappa shape index (κ3) is 3.84. The molecule has 1 aliphatic rings. The zero-order valence-electron chi connectivity index (χ0n) is 12.2. The summed E-state index contributed by atoms with van der Waals surface area (Å²) in [6.45, 7) is 2.84. The van der Waals surface area contributed by atoms with Crippen molar-refractivity contribution in [2.45, 2.75) is 56.7 Å². The summed E-state index contributed by atoms with van der Waals surface area (Å²) in [7, 11) is -2.10. The molecule has 2 rings (SSSR count). The zero-order valence-corrected chi connectivity index (χ0v) is 13.0. The van der Waals surface area contributed by atoms with E-state index >= 15 is 0 Å². The van der Waals surface area contributed by atoms with Gasteiger partial charge >= 0.3 is 0 Å². The number of hydrogen-bond donors (Lipinski definition) is 2. The molecule has 0 atom stereocenters. The molecule has 0 amide bonds. The number of furan rings is 1. The van der Waals surface area contributed by atoms with Crippen molar-refractivity contribution < 1.29 is 12.8 Å². The van der Waals surface area contributed by atoms with Crippen LogP contribution in [0.2, 0.25) is 0 Å². The average molecular weight is 300 g/mol. The lowest BCUT2D eigenvalue weighted by atomic mass is 9.84. The molecule has 0 bridgehead atoms. The maximum Gasteiger partial charge on any atom is 0.273 e. The Kier molecular flexibility index (Phi) is 5.23. The van der Waals surface area contributed by atoms with Crippen LogP contribution in [0.3, 0.4) is 0 Å². The molecule has 2 N–H and O–H groups in total. The molecular formula is C14H24N2O3S. The first-order chi connectivity index (χ1) is 9.55. The fourth-order valence-corrected chi connectivity index (χ4v) is 3.38. The fourth-order valence-electron chi connectivity index (χ4n) is 2.72. The van der Waals surface area contributed by atoms with Crippen LogP contribution >= 0.6 is 0 Å². The third-order valence-electron chi connectivity index (χ3n) is 4.16. The highest BCUT2D eigenvalue weighted by molar-refractivity contribution is 7.89. The molecule has 1 aromatic heterocycles. The minimum Gasteiger partial charge on any atom is -0.447 e. The maximum atomic E-state index is 11.6. The van der Waals surface area contributed by atoms with E-state index in [1.165, 1.54) is 45.2 Å². The highest BCUT2D eigenvalue weighted by atomic mass is 32.2. The van der Waals surface area contributed by atoms with E-state index in [2.05, 4.69) is 17.0 Å². The fraction of sp³-hybridized carbons (Fsp3) is 0.714. The van der Waals surface area contributed by atoms with E-state index in [0.717, 1.165) is 5.92 Å². The van der Waals surface area contributed by atoms with E-state index in [9.17, 15) is 8.42 Å². The average Bonchev–Trinajstić information content (AvgIpc) is 2.95. The standard InChI is InChI=1S/C14H24N2O3S/c1-3-11-4-6-12(7-5-11)16-10-13-8-9-14(19-13)20(17,18)15-2/h8-9,11-12,15-16H,3-7,10H2,1-2H3. The lowest BCUT2D eigenvalue weighted by Crippen LogP contribution is -2.32. The normalized spacial score (nSPS) is 23.9. The summed E-state index contributed by atoms with van der Waals surface area (Å²) in [4.78, 5) is 0. The Hall–Kier alpha value is -0.850. The van der Waals surface area contributed by atoms with Crippen molar-refractivity contribution in [3.63, 3.8) is 0 Å². The van der Waals surface area contributed by atoms with Gasteiger partial charge in [0, 0.05) is 6.04 Å². The van der Waals surface area contributed by atoms with Crippen LogP contribution in [0.1, 0.15) is 44.8 Å². The van der Waals surface area contributed by atoms with Crippen LogP contribution in [0.15, 0.2) is 21.6 Å². The topological polar surface area (TPSA) is 71.3 Å². The van der Waals surface area contributed by atoms with Crippen LogP contribution in [0.5, 0.6) is 0 Å². The van der Waals surface area contributed by atoms with Gasteiger partial charge in [-0.05, 0) is 50.8 Å². The Morgan fingerprint density at radius 1 is 1.25 bits per heavy atom. The molecule has 0 radical (unpaired) electrons. The first-order valence-electron chi connectivity index (χ1n) is 7.30. The van der Waals surface area contributed by atoms with Gasteiger partial charge in [-0.15, -0.1) is 0 Å². The van der Waals surface area contributed by atoms with Crippen LogP contribution in [-0.2, 0) is 16.6 Å². The van der Waals surface area contributed by atoms with E-state index < -0.39 is 10.0 Å². The Morgan fingerprint density at radius 3 is 2.55 bits per heavy atom. The highest BCUT2D eigenvalue weighted by Crippen LogP contribution is 2.26. The minimum absolute atomic E-state index is 0.0218. The molecule has 0 saturated heterocycles. The molecule has 0 spiro atoms. The molecule has 0 aliphatic heterocycles. The van der Waals surface area contributed by atoms with Crippen molar-refractivity contribution in [3.8, 4) is 0 Å². The maximum absolute atomic E-state index is 11.6. The molecule has 5 nitrogen and oxygen atoms in total. The van der Waals surface area contributed by atoms with Crippen LogP contribution < -0.4 is 10.0 Å². The SMILES string of the molecule is CCC1CCC(NCc2ccc(S(=O)(=O)NC)o2)CC1. The molecule has 20 heavy (non-hydrogen) atoms. The van der Waals surface area contributed by atoms with Gasteiger partial charge in [0.25, 0.3) is 10.0 Å². The summed E-state index contributed by atoms with van der Waals surface area (Å²) in [6.07, 6.45) is 6.23. The zero-order chi connectivity index (χ0) is 14.6. The van der Waals surface area contributed by atoms with Gasteiger partial charge in [-0.3, -0.25) is 0 Å². The Balaban J connectivity index is 1.83. The summed E-state index contributed by atoms with van der Waals surface area (Å²) in [6, 6.07) is 3.73. The van der Waals surface area contributed by atoms with Gasteiger partial charge in [0.1, 0.15) is 5.76 Å². The first kappa shape index (κ1) is 15.5. The Morgan fingerprint density at radius 2 is 1.95 bits per heavy atom. The second-order valence-corrected chi connectivity index (χ2v) is 7.25. The molecule has 6 heteroatoms. The lowest BCUT2D eigenvalue weighted by molar-refractivity contribution is 0.277. The van der Waals surface area contributed by atoms with Gasteiger partial charge in [-0.25, -0.2) is 13.1 Å². The summed E-state index contributed by atoms with van der Waals surface area (Å²) in [5.74, 6) is 1.54. The van der Waals surface area contributed by atoms with Crippen molar-refractivity contribution in [3.05, 3.63) is 17.9 Å². The van der Waals surface area contributed by atoms with Gasteiger partial charge in [0.05, 0.1) is 6.54 Å². The first-order valence-corrected chi connectivity index (χ1v) is 8.79. The molecule has 0 aromatic carbocycles. The van der Waals surface area contributed by atoms with E-state index in [4.69, 9.17) is 4.42 Å². The van der Waals surface area contributed by atoms with Crippen molar-refractivity contribution in [2.75, 3.05) is 7.05 Å². The largest absolute Gasteiger partial charge is 0.447 e. The van der Waals surface area contributed by atoms with Crippen molar-refractivity contribution >= 4 is 10.0 Å². The van der Waals surface area contributed by atoms with Crippen molar-refractivity contribution in [2.24, 2.45) is 5.92 Å². The summed E-state index contributed by atoms with van der Waals surface area (Å²) < 4.78 is 30.7. The third-order valence-corrected chi connectivity index (χ3v) is 5.45. The molecular weight excluding hydrogens is 276 g/mol. The number of sulfonamides is 1. The number of rotatable bonds is 6. The molecule has 0 unspecified atom stereocenters. The molecule has 1 saturated carbocycles. The van der Waals surface area contributed by atoms with Crippen LogP contribution in [0, 0.1) is 5.92 Å². The van der Waals surface area contributed by atoms with Gasteiger partial charge in [0.2, 0.25) is 5.09 Å². The van der Waals surface area contributed by atoms with Gasteiger partial charge in [0.15, 0.2) is 0 Å². The molecule has 1 aliphatic carbocycles. The van der Waals surface area contributed by atoms with Gasteiger partial charge in [-0.2, -0.15) is 0 Å². The monoisotopic (exact) mass is 300 g/mol. The van der Waals surface area contributed by atoms with E-state index in [1.807, 2.05) is 0 Å². The van der Waals surface area contributed by atoms with Crippen molar-refractivity contribution in [1.29, 1.82) is 0 Å². The van der Waals surface area contributed by atoms with Gasteiger partial charge < -0.3 is 9.73 Å². The highest BCUT2D eigenvalue weighted by Gasteiger charge is 2.20. The number of hydrogen-bond acceptors (Lipinski definition) is 4.